The first-order valence-electron chi connectivity index (χ1n) is 7.87. The van der Waals surface area contributed by atoms with E-state index in [4.69, 9.17) is 0 Å². The minimum absolute atomic E-state index is 0.0452. The van der Waals surface area contributed by atoms with Crippen molar-refractivity contribution in [2.24, 2.45) is 0 Å². The van der Waals surface area contributed by atoms with Crippen molar-refractivity contribution in [3.63, 3.8) is 0 Å². The van der Waals surface area contributed by atoms with Gasteiger partial charge in [0.1, 0.15) is 0 Å². The molecule has 2 aliphatic carbocycles. The van der Waals surface area contributed by atoms with Crippen molar-refractivity contribution in [2.75, 3.05) is 0 Å². The fraction of sp³-hybridized carbons (Fsp3) is 0.867. The maximum Gasteiger partial charge on any atom is 0.247 e. The van der Waals surface area contributed by atoms with Gasteiger partial charge in [-0.15, -0.1) is 0 Å². The third kappa shape index (κ3) is 2.69. The zero-order valence-corrected chi connectivity index (χ0v) is 11.6. The topological polar surface area (TPSA) is 49.4 Å². The maximum atomic E-state index is 12.4. The number of likely N-dealkylation sites (tertiary alicyclic amines) is 1. The SMILES string of the molecule is O=C1CC(NC2CCCC2)C(=O)N1C1CCCCC1. The van der Waals surface area contributed by atoms with Crippen molar-refractivity contribution in [1.29, 1.82) is 0 Å². The lowest BCUT2D eigenvalue weighted by Gasteiger charge is -2.30. The second-order valence-electron chi connectivity index (χ2n) is 6.30. The highest BCUT2D eigenvalue weighted by molar-refractivity contribution is 6.05. The van der Waals surface area contributed by atoms with Crippen LogP contribution in [-0.2, 0) is 9.59 Å². The van der Waals surface area contributed by atoms with Crippen LogP contribution in [0.25, 0.3) is 0 Å². The summed E-state index contributed by atoms with van der Waals surface area (Å²) in [4.78, 5) is 26.2. The second kappa shape index (κ2) is 5.61. The fourth-order valence-electron chi connectivity index (χ4n) is 3.88. The first kappa shape index (κ1) is 13.1. The molecule has 0 aromatic heterocycles. The molecule has 0 aromatic rings. The molecule has 0 spiro atoms. The number of imide groups is 1. The minimum Gasteiger partial charge on any atom is -0.303 e. The molecule has 1 heterocycles. The molecule has 1 aliphatic heterocycles. The minimum atomic E-state index is -0.238. The van der Waals surface area contributed by atoms with E-state index < -0.39 is 0 Å². The Kier molecular flexibility index (Phi) is 3.87. The summed E-state index contributed by atoms with van der Waals surface area (Å²) in [5.41, 5.74) is 0. The lowest BCUT2D eigenvalue weighted by Crippen LogP contribution is -2.46. The van der Waals surface area contributed by atoms with Crippen molar-refractivity contribution in [3.8, 4) is 0 Å². The molecule has 0 aromatic carbocycles. The molecule has 19 heavy (non-hydrogen) atoms. The van der Waals surface area contributed by atoms with Crippen molar-refractivity contribution in [1.82, 2.24) is 10.2 Å². The van der Waals surface area contributed by atoms with Gasteiger partial charge >= 0.3 is 0 Å². The van der Waals surface area contributed by atoms with Gasteiger partial charge in [0.05, 0.1) is 12.5 Å². The van der Waals surface area contributed by atoms with E-state index in [2.05, 4.69) is 5.32 Å². The molecule has 1 N–H and O–H groups in total. The van der Waals surface area contributed by atoms with E-state index in [1.165, 1.54) is 19.3 Å². The number of rotatable bonds is 3. The molecule has 3 rings (SSSR count). The molecular weight excluding hydrogens is 240 g/mol. The zero-order valence-electron chi connectivity index (χ0n) is 11.6. The zero-order chi connectivity index (χ0) is 13.2. The van der Waals surface area contributed by atoms with Crippen molar-refractivity contribution in [2.45, 2.75) is 82.3 Å². The molecule has 3 aliphatic rings. The summed E-state index contributed by atoms with van der Waals surface area (Å²) < 4.78 is 0. The molecule has 1 atom stereocenters. The number of nitrogens with one attached hydrogen (secondary N) is 1. The molecule has 0 bridgehead atoms. The van der Waals surface area contributed by atoms with E-state index in [-0.39, 0.29) is 23.9 Å². The number of carbonyl (C=O) groups is 2. The molecule has 1 unspecified atom stereocenters. The predicted octanol–water partition coefficient (Wildman–Crippen LogP) is 1.98. The fourth-order valence-corrected chi connectivity index (χ4v) is 3.88. The Bertz CT molecular complexity index is 357. The molecule has 3 fully saturated rings. The van der Waals surface area contributed by atoms with Gasteiger partial charge in [-0.25, -0.2) is 0 Å². The van der Waals surface area contributed by atoms with Crippen LogP contribution in [0.2, 0.25) is 0 Å². The third-order valence-electron chi connectivity index (χ3n) is 4.91. The summed E-state index contributed by atoms with van der Waals surface area (Å²) in [5.74, 6) is 0.0937. The summed E-state index contributed by atoms with van der Waals surface area (Å²) >= 11 is 0. The molecule has 0 radical (unpaired) electrons. The Morgan fingerprint density at radius 1 is 0.895 bits per heavy atom. The highest BCUT2D eigenvalue weighted by Crippen LogP contribution is 2.28. The second-order valence-corrected chi connectivity index (χ2v) is 6.30. The van der Waals surface area contributed by atoms with Gasteiger partial charge in [0, 0.05) is 12.1 Å². The van der Waals surface area contributed by atoms with Gasteiger partial charge in [0.2, 0.25) is 11.8 Å². The number of hydrogen-bond acceptors (Lipinski definition) is 3. The van der Waals surface area contributed by atoms with Crippen molar-refractivity contribution >= 4 is 11.8 Å². The molecule has 4 nitrogen and oxygen atoms in total. The smallest absolute Gasteiger partial charge is 0.247 e. The van der Waals surface area contributed by atoms with E-state index in [9.17, 15) is 9.59 Å². The highest BCUT2D eigenvalue weighted by Gasteiger charge is 2.43. The van der Waals surface area contributed by atoms with E-state index >= 15 is 0 Å². The summed E-state index contributed by atoms with van der Waals surface area (Å²) in [6.07, 6.45) is 10.8. The van der Waals surface area contributed by atoms with Crippen LogP contribution in [-0.4, -0.2) is 34.8 Å². The van der Waals surface area contributed by atoms with Crippen LogP contribution < -0.4 is 5.32 Å². The molecule has 2 amide bonds. The lowest BCUT2D eigenvalue weighted by molar-refractivity contribution is -0.142. The first-order chi connectivity index (χ1) is 9.25. The first-order valence-corrected chi connectivity index (χ1v) is 7.87. The number of hydrogen-bond donors (Lipinski definition) is 1. The molecule has 4 heteroatoms. The van der Waals surface area contributed by atoms with Gasteiger partial charge in [-0.3, -0.25) is 14.5 Å². The average molecular weight is 264 g/mol. The number of nitrogens with zero attached hydrogens (tertiary/aromatic N) is 1. The van der Waals surface area contributed by atoms with Gasteiger partial charge in [0.15, 0.2) is 0 Å². The number of amides is 2. The van der Waals surface area contributed by atoms with Crippen molar-refractivity contribution < 1.29 is 9.59 Å². The Labute approximate surface area is 114 Å². The lowest BCUT2D eigenvalue weighted by atomic mass is 9.94. The van der Waals surface area contributed by atoms with Crippen molar-refractivity contribution in [3.05, 3.63) is 0 Å². The van der Waals surface area contributed by atoms with Crippen LogP contribution >= 0.6 is 0 Å². The van der Waals surface area contributed by atoms with E-state index in [0.717, 1.165) is 38.5 Å². The molecule has 1 saturated heterocycles. The Morgan fingerprint density at radius 3 is 2.21 bits per heavy atom. The van der Waals surface area contributed by atoms with Gasteiger partial charge in [-0.05, 0) is 25.7 Å². The van der Waals surface area contributed by atoms with Crippen LogP contribution in [0, 0.1) is 0 Å². The van der Waals surface area contributed by atoms with E-state index in [1.54, 1.807) is 4.90 Å². The molecule has 2 saturated carbocycles. The Hall–Kier alpha value is -0.900. The van der Waals surface area contributed by atoms with Gasteiger partial charge in [-0.1, -0.05) is 32.1 Å². The highest BCUT2D eigenvalue weighted by atomic mass is 16.2. The van der Waals surface area contributed by atoms with Crippen LogP contribution in [0.5, 0.6) is 0 Å². The van der Waals surface area contributed by atoms with Gasteiger partial charge in [-0.2, -0.15) is 0 Å². The van der Waals surface area contributed by atoms with E-state index in [1.807, 2.05) is 0 Å². The average Bonchev–Trinajstić information content (AvgIpc) is 3.01. The van der Waals surface area contributed by atoms with Crippen LogP contribution in [0.3, 0.4) is 0 Å². The van der Waals surface area contributed by atoms with Gasteiger partial charge < -0.3 is 5.32 Å². The number of carbonyl (C=O) groups excluding carboxylic acids is 2. The largest absolute Gasteiger partial charge is 0.303 e. The normalized spacial score (nSPS) is 30.5. The Morgan fingerprint density at radius 2 is 1.53 bits per heavy atom. The van der Waals surface area contributed by atoms with Crippen LogP contribution in [0.15, 0.2) is 0 Å². The van der Waals surface area contributed by atoms with Crippen LogP contribution in [0.4, 0.5) is 0 Å². The molecular formula is C15H24N2O2. The van der Waals surface area contributed by atoms with E-state index in [0.29, 0.717) is 12.5 Å². The standard InChI is InChI=1S/C15H24N2O2/c18-14-10-13(16-11-6-4-5-7-11)15(19)17(14)12-8-2-1-3-9-12/h11-13,16H,1-10H2. The maximum absolute atomic E-state index is 12.4. The van der Waals surface area contributed by atoms with Crippen LogP contribution in [0.1, 0.15) is 64.2 Å². The van der Waals surface area contributed by atoms with Gasteiger partial charge in [0.25, 0.3) is 0 Å². The summed E-state index contributed by atoms with van der Waals surface area (Å²) in [7, 11) is 0. The quantitative estimate of drug-likeness (QED) is 0.793. The predicted molar refractivity (Wildman–Crippen MR) is 72.5 cm³/mol. The summed E-state index contributed by atoms with van der Waals surface area (Å²) in [6.45, 7) is 0. The molecule has 106 valence electrons. The third-order valence-corrected chi connectivity index (χ3v) is 4.91. The monoisotopic (exact) mass is 264 g/mol. The summed E-state index contributed by atoms with van der Waals surface area (Å²) in [5, 5.41) is 3.42. The Balaban J connectivity index is 1.62. The summed E-state index contributed by atoms with van der Waals surface area (Å²) in [6, 6.07) is 0.398.